The molecule has 0 radical (unpaired) electrons. The first kappa shape index (κ1) is 18.5. The van der Waals surface area contributed by atoms with Crippen molar-refractivity contribution in [3.63, 3.8) is 0 Å². The van der Waals surface area contributed by atoms with Crippen LogP contribution >= 0.6 is 0 Å². The fourth-order valence-electron chi connectivity index (χ4n) is 4.97. The van der Waals surface area contributed by atoms with Crippen LogP contribution in [-0.4, -0.2) is 29.9 Å². The maximum absolute atomic E-state index is 12.6. The number of anilines is 1. The van der Waals surface area contributed by atoms with Gasteiger partial charge in [-0.05, 0) is 62.3 Å². The van der Waals surface area contributed by atoms with Gasteiger partial charge in [-0.3, -0.25) is 9.59 Å². The van der Waals surface area contributed by atoms with Gasteiger partial charge in [0.1, 0.15) is 0 Å². The molecule has 0 bridgehead atoms. The zero-order valence-electron chi connectivity index (χ0n) is 16.0. The van der Waals surface area contributed by atoms with Crippen LogP contribution in [0.15, 0.2) is 24.3 Å². The Morgan fingerprint density at radius 1 is 0.889 bits per heavy atom. The molecule has 3 atom stereocenters. The SMILES string of the molecule is O=C(NC1CCCCC1)c1ccc(NC(=O)C2CC3CCCCC3N2)cc1. The second-order valence-corrected chi connectivity index (χ2v) is 8.48. The number of carbonyl (C=O) groups is 2. The largest absolute Gasteiger partial charge is 0.349 e. The maximum atomic E-state index is 12.6. The number of rotatable bonds is 4. The van der Waals surface area contributed by atoms with Crippen LogP contribution in [0.1, 0.15) is 74.6 Å². The minimum absolute atomic E-state index is 0.0127. The lowest BCUT2D eigenvalue weighted by Crippen LogP contribution is -2.39. The van der Waals surface area contributed by atoms with Gasteiger partial charge in [-0.1, -0.05) is 32.1 Å². The van der Waals surface area contributed by atoms with Crippen molar-refractivity contribution >= 4 is 17.5 Å². The zero-order valence-corrected chi connectivity index (χ0v) is 16.0. The van der Waals surface area contributed by atoms with Crippen LogP contribution in [0.2, 0.25) is 0 Å². The van der Waals surface area contributed by atoms with Crippen molar-refractivity contribution in [1.29, 1.82) is 0 Å². The lowest BCUT2D eigenvalue weighted by Gasteiger charge is -2.24. The molecule has 1 saturated heterocycles. The van der Waals surface area contributed by atoms with Crippen LogP contribution in [0.5, 0.6) is 0 Å². The minimum Gasteiger partial charge on any atom is -0.349 e. The van der Waals surface area contributed by atoms with Crippen LogP contribution in [0, 0.1) is 5.92 Å². The lowest BCUT2D eigenvalue weighted by molar-refractivity contribution is -0.117. The summed E-state index contributed by atoms with van der Waals surface area (Å²) in [4.78, 5) is 25.0. The monoisotopic (exact) mass is 369 g/mol. The smallest absolute Gasteiger partial charge is 0.251 e. The van der Waals surface area contributed by atoms with Gasteiger partial charge in [0.25, 0.3) is 5.91 Å². The number of carbonyl (C=O) groups excluding carboxylic acids is 2. The summed E-state index contributed by atoms with van der Waals surface area (Å²) < 4.78 is 0. The number of hydrogen-bond acceptors (Lipinski definition) is 3. The third-order valence-corrected chi connectivity index (χ3v) is 6.53. The van der Waals surface area contributed by atoms with Gasteiger partial charge < -0.3 is 16.0 Å². The molecule has 2 aliphatic carbocycles. The molecular formula is C22H31N3O2. The van der Waals surface area contributed by atoms with E-state index in [0.29, 0.717) is 23.6 Å². The molecule has 4 rings (SSSR count). The molecule has 27 heavy (non-hydrogen) atoms. The third kappa shape index (κ3) is 4.52. The Kier molecular flexibility index (Phi) is 5.77. The van der Waals surface area contributed by atoms with Crippen molar-refractivity contribution in [1.82, 2.24) is 10.6 Å². The topological polar surface area (TPSA) is 70.2 Å². The highest BCUT2D eigenvalue weighted by Crippen LogP contribution is 2.33. The van der Waals surface area contributed by atoms with Gasteiger partial charge in [0.15, 0.2) is 0 Å². The van der Waals surface area contributed by atoms with Crippen molar-refractivity contribution in [2.75, 3.05) is 5.32 Å². The summed E-state index contributed by atoms with van der Waals surface area (Å²) in [6.45, 7) is 0. The fourth-order valence-corrected chi connectivity index (χ4v) is 4.97. The Labute approximate surface area is 161 Å². The highest BCUT2D eigenvalue weighted by molar-refractivity contribution is 5.97. The van der Waals surface area contributed by atoms with Gasteiger partial charge in [-0.15, -0.1) is 0 Å². The van der Waals surface area contributed by atoms with Gasteiger partial charge in [-0.25, -0.2) is 0 Å². The molecule has 2 amide bonds. The van der Waals surface area contributed by atoms with Gasteiger partial charge >= 0.3 is 0 Å². The molecule has 3 aliphatic rings. The van der Waals surface area contributed by atoms with Crippen molar-refractivity contribution in [2.45, 2.75) is 82.3 Å². The van der Waals surface area contributed by atoms with E-state index in [1.165, 1.54) is 44.9 Å². The first-order valence-electron chi connectivity index (χ1n) is 10.7. The molecule has 0 aromatic heterocycles. The van der Waals surface area contributed by atoms with E-state index >= 15 is 0 Å². The predicted molar refractivity (Wildman–Crippen MR) is 107 cm³/mol. The predicted octanol–water partition coefficient (Wildman–Crippen LogP) is 3.61. The van der Waals surface area contributed by atoms with E-state index in [-0.39, 0.29) is 17.9 Å². The number of hydrogen-bond donors (Lipinski definition) is 3. The summed E-state index contributed by atoms with van der Waals surface area (Å²) in [6, 6.07) is 7.99. The molecule has 3 unspecified atom stereocenters. The molecule has 1 aliphatic heterocycles. The molecule has 5 nitrogen and oxygen atoms in total. The minimum atomic E-state index is -0.0904. The summed E-state index contributed by atoms with van der Waals surface area (Å²) >= 11 is 0. The quantitative estimate of drug-likeness (QED) is 0.759. The molecular weight excluding hydrogens is 338 g/mol. The van der Waals surface area contributed by atoms with Gasteiger partial charge in [0.05, 0.1) is 6.04 Å². The number of fused-ring (bicyclic) bond motifs is 1. The maximum Gasteiger partial charge on any atom is 0.251 e. The van der Waals surface area contributed by atoms with Crippen molar-refractivity contribution in [3.05, 3.63) is 29.8 Å². The normalized spacial score (nSPS) is 28.4. The molecule has 1 heterocycles. The van der Waals surface area contributed by atoms with Crippen molar-refractivity contribution < 1.29 is 9.59 Å². The lowest BCUT2D eigenvalue weighted by atomic mass is 9.85. The Hall–Kier alpha value is -1.88. The Morgan fingerprint density at radius 2 is 1.59 bits per heavy atom. The summed E-state index contributed by atoms with van der Waals surface area (Å²) in [7, 11) is 0. The highest BCUT2D eigenvalue weighted by atomic mass is 16.2. The first-order chi connectivity index (χ1) is 13.2. The number of benzene rings is 1. The van der Waals surface area contributed by atoms with Crippen LogP contribution in [-0.2, 0) is 4.79 Å². The third-order valence-electron chi connectivity index (χ3n) is 6.53. The number of amides is 2. The summed E-state index contributed by atoms with van der Waals surface area (Å²) in [5.41, 5.74) is 1.41. The number of nitrogens with one attached hydrogen (secondary N) is 3. The molecule has 0 spiro atoms. The molecule has 3 fully saturated rings. The Bertz CT molecular complexity index is 653. The van der Waals surface area contributed by atoms with Gasteiger partial charge in [-0.2, -0.15) is 0 Å². The van der Waals surface area contributed by atoms with Crippen LogP contribution in [0.25, 0.3) is 0 Å². The van der Waals surface area contributed by atoms with E-state index in [4.69, 9.17) is 0 Å². The van der Waals surface area contributed by atoms with Crippen molar-refractivity contribution in [3.8, 4) is 0 Å². The average molecular weight is 370 g/mol. The molecule has 2 saturated carbocycles. The molecule has 3 N–H and O–H groups in total. The van der Waals surface area contributed by atoms with Crippen LogP contribution in [0.3, 0.4) is 0 Å². The van der Waals surface area contributed by atoms with Crippen LogP contribution < -0.4 is 16.0 Å². The molecule has 146 valence electrons. The summed E-state index contributed by atoms with van der Waals surface area (Å²) in [6.07, 6.45) is 11.8. The van der Waals surface area contributed by atoms with E-state index in [0.717, 1.165) is 24.9 Å². The second-order valence-electron chi connectivity index (χ2n) is 8.48. The van der Waals surface area contributed by atoms with Gasteiger partial charge in [0, 0.05) is 23.3 Å². The Balaban J connectivity index is 1.29. The molecule has 1 aromatic rings. The van der Waals surface area contributed by atoms with E-state index < -0.39 is 0 Å². The van der Waals surface area contributed by atoms with E-state index in [2.05, 4.69) is 16.0 Å². The summed E-state index contributed by atoms with van der Waals surface area (Å²) in [5, 5.41) is 9.65. The van der Waals surface area contributed by atoms with Crippen LogP contribution in [0.4, 0.5) is 5.69 Å². The van der Waals surface area contributed by atoms with Crippen molar-refractivity contribution in [2.24, 2.45) is 5.92 Å². The standard InChI is InChI=1S/C22H31N3O2/c26-21(23-17-7-2-1-3-8-17)15-10-12-18(13-11-15)24-22(27)20-14-16-6-4-5-9-19(16)25-20/h10-13,16-17,19-20,25H,1-9,14H2,(H,23,26)(H,24,27). The molecule has 1 aromatic carbocycles. The second kappa shape index (κ2) is 8.42. The highest BCUT2D eigenvalue weighted by Gasteiger charge is 2.38. The fraction of sp³-hybridized carbons (Fsp3) is 0.636. The zero-order chi connectivity index (χ0) is 18.6. The van der Waals surface area contributed by atoms with E-state index in [1.54, 1.807) is 12.1 Å². The molecule has 5 heteroatoms. The summed E-state index contributed by atoms with van der Waals surface area (Å²) in [5.74, 6) is 0.686. The van der Waals surface area contributed by atoms with E-state index in [9.17, 15) is 9.59 Å². The first-order valence-corrected chi connectivity index (χ1v) is 10.7. The van der Waals surface area contributed by atoms with Gasteiger partial charge in [0.2, 0.25) is 5.91 Å². The average Bonchev–Trinajstić information content (AvgIpc) is 3.14. The van der Waals surface area contributed by atoms with E-state index in [1.807, 2.05) is 12.1 Å². The Morgan fingerprint density at radius 3 is 2.33 bits per heavy atom.